The molecule has 0 aliphatic heterocycles. The summed E-state index contributed by atoms with van der Waals surface area (Å²) in [6.45, 7) is 0. The van der Waals surface area contributed by atoms with Crippen molar-refractivity contribution in [3.05, 3.63) is 36.1 Å². The van der Waals surface area contributed by atoms with Crippen LogP contribution in [0.2, 0.25) is 0 Å². The molecular formula is C16H21NO2S. The van der Waals surface area contributed by atoms with Crippen molar-refractivity contribution in [1.29, 1.82) is 0 Å². The fourth-order valence-electron chi connectivity index (χ4n) is 2.93. The van der Waals surface area contributed by atoms with E-state index in [9.17, 15) is 4.21 Å². The molecule has 1 aliphatic rings. The molecule has 0 saturated heterocycles. The van der Waals surface area contributed by atoms with E-state index >= 15 is 0 Å². The van der Waals surface area contributed by atoms with Crippen LogP contribution in [0.25, 0.3) is 11.0 Å². The second-order valence-electron chi connectivity index (χ2n) is 5.48. The molecule has 2 unspecified atom stereocenters. The maximum atomic E-state index is 12.4. The van der Waals surface area contributed by atoms with Gasteiger partial charge in [-0.2, -0.15) is 0 Å². The summed E-state index contributed by atoms with van der Waals surface area (Å²) in [6.07, 6.45) is 4.68. The van der Waals surface area contributed by atoms with Gasteiger partial charge < -0.3 is 9.73 Å². The van der Waals surface area contributed by atoms with Crippen LogP contribution in [0.1, 0.15) is 37.5 Å². The van der Waals surface area contributed by atoms with E-state index in [4.69, 9.17) is 4.42 Å². The molecule has 1 saturated carbocycles. The third-order valence-corrected chi connectivity index (χ3v) is 6.02. The van der Waals surface area contributed by atoms with E-state index in [-0.39, 0.29) is 6.04 Å². The molecule has 4 heteroatoms. The van der Waals surface area contributed by atoms with E-state index in [0.29, 0.717) is 11.0 Å². The highest BCUT2D eigenvalue weighted by Gasteiger charge is 2.25. The lowest BCUT2D eigenvalue weighted by Gasteiger charge is -2.16. The second-order valence-corrected chi connectivity index (χ2v) is 7.24. The minimum absolute atomic E-state index is 0.0313. The third kappa shape index (κ3) is 2.81. The highest BCUT2D eigenvalue weighted by Crippen LogP contribution is 2.28. The fourth-order valence-corrected chi connectivity index (χ4v) is 4.72. The van der Waals surface area contributed by atoms with E-state index in [1.807, 2.05) is 31.3 Å². The van der Waals surface area contributed by atoms with Crippen molar-refractivity contribution >= 4 is 21.8 Å². The number of fused-ring (bicyclic) bond motifs is 1. The van der Waals surface area contributed by atoms with Crippen molar-refractivity contribution in [2.24, 2.45) is 0 Å². The normalized spacial score (nSPS) is 19.4. The van der Waals surface area contributed by atoms with Gasteiger partial charge in [-0.05, 0) is 32.0 Å². The summed E-state index contributed by atoms with van der Waals surface area (Å²) in [6, 6.07) is 10.1. The number of hydrogen-bond donors (Lipinski definition) is 1. The van der Waals surface area contributed by atoms with Crippen LogP contribution in [0, 0.1) is 0 Å². The van der Waals surface area contributed by atoms with Gasteiger partial charge in [-0.3, -0.25) is 4.21 Å². The topological polar surface area (TPSA) is 42.2 Å². The quantitative estimate of drug-likeness (QED) is 0.918. The summed E-state index contributed by atoms with van der Waals surface area (Å²) >= 11 is 0. The van der Waals surface area contributed by atoms with Crippen LogP contribution in [0.15, 0.2) is 34.7 Å². The Hall–Kier alpha value is -1.13. The second kappa shape index (κ2) is 6.10. The summed E-state index contributed by atoms with van der Waals surface area (Å²) in [5.74, 6) is 1.53. The van der Waals surface area contributed by atoms with Crippen molar-refractivity contribution in [2.75, 3.05) is 12.8 Å². The van der Waals surface area contributed by atoms with Gasteiger partial charge in [0.05, 0.1) is 6.04 Å². The Labute approximate surface area is 122 Å². The van der Waals surface area contributed by atoms with E-state index in [1.54, 1.807) is 0 Å². The minimum Gasteiger partial charge on any atom is -0.459 e. The first-order valence-corrected chi connectivity index (χ1v) is 8.69. The average molecular weight is 291 g/mol. The highest BCUT2D eigenvalue weighted by molar-refractivity contribution is 7.85. The zero-order chi connectivity index (χ0) is 13.9. The van der Waals surface area contributed by atoms with E-state index in [1.165, 1.54) is 12.8 Å². The molecule has 0 spiro atoms. The van der Waals surface area contributed by atoms with E-state index in [0.717, 1.165) is 29.6 Å². The molecule has 1 N–H and O–H groups in total. The van der Waals surface area contributed by atoms with Crippen molar-refractivity contribution in [1.82, 2.24) is 5.32 Å². The number of hydrogen-bond acceptors (Lipinski definition) is 3. The van der Waals surface area contributed by atoms with Gasteiger partial charge in [-0.25, -0.2) is 0 Å². The fraction of sp³-hybridized carbons (Fsp3) is 0.500. The first-order chi connectivity index (χ1) is 9.78. The SMILES string of the molecule is CNC(CS(=O)C1CCCC1)c1cc2ccccc2o1. The lowest BCUT2D eigenvalue weighted by molar-refractivity contribution is 0.476. The maximum absolute atomic E-state index is 12.4. The van der Waals surface area contributed by atoms with E-state index < -0.39 is 10.8 Å². The summed E-state index contributed by atoms with van der Waals surface area (Å²) in [7, 11) is 1.14. The first kappa shape index (κ1) is 13.8. The summed E-state index contributed by atoms with van der Waals surface area (Å²) in [4.78, 5) is 0. The van der Waals surface area contributed by atoms with Crippen LogP contribution in [-0.2, 0) is 10.8 Å². The Bertz CT molecular complexity index is 568. The molecule has 1 aromatic carbocycles. The van der Waals surface area contributed by atoms with Gasteiger partial charge in [0.1, 0.15) is 11.3 Å². The molecule has 3 rings (SSSR count). The van der Waals surface area contributed by atoms with Gasteiger partial charge >= 0.3 is 0 Å². The van der Waals surface area contributed by atoms with E-state index in [2.05, 4.69) is 11.4 Å². The third-order valence-electron chi connectivity index (χ3n) is 4.14. The average Bonchev–Trinajstić information content (AvgIpc) is 3.12. The molecule has 0 amide bonds. The van der Waals surface area contributed by atoms with Crippen molar-refractivity contribution in [2.45, 2.75) is 37.0 Å². The number of para-hydroxylation sites is 1. The Morgan fingerprint density at radius 2 is 2.10 bits per heavy atom. The van der Waals surface area contributed by atoms with Crippen LogP contribution in [0.5, 0.6) is 0 Å². The maximum Gasteiger partial charge on any atom is 0.134 e. The molecule has 3 nitrogen and oxygen atoms in total. The minimum atomic E-state index is -0.770. The van der Waals surface area contributed by atoms with Crippen LogP contribution < -0.4 is 5.32 Å². The monoisotopic (exact) mass is 291 g/mol. The lowest BCUT2D eigenvalue weighted by atomic mass is 10.2. The van der Waals surface area contributed by atoms with Crippen molar-refractivity contribution in [3.8, 4) is 0 Å². The molecule has 20 heavy (non-hydrogen) atoms. The van der Waals surface area contributed by atoms with Gasteiger partial charge in [0.25, 0.3) is 0 Å². The van der Waals surface area contributed by atoms with Crippen LogP contribution in [0.3, 0.4) is 0 Å². The predicted octanol–water partition coefficient (Wildman–Crippen LogP) is 3.38. The highest BCUT2D eigenvalue weighted by atomic mass is 32.2. The summed E-state index contributed by atoms with van der Waals surface area (Å²) in [5.41, 5.74) is 0.898. The number of benzene rings is 1. The Morgan fingerprint density at radius 1 is 1.35 bits per heavy atom. The molecule has 2 atom stereocenters. The summed E-state index contributed by atoms with van der Waals surface area (Å²) in [5, 5.41) is 4.74. The Balaban J connectivity index is 1.76. The number of rotatable bonds is 5. The van der Waals surface area contributed by atoms with Gasteiger partial charge in [-0.1, -0.05) is 31.0 Å². The predicted molar refractivity (Wildman–Crippen MR) is 83.3 cm³/mol. The van der Waals surface area contributed by atoms with Gasteiger partial charge in [0.2, 0.25) is 0 Å². The van der Waals surface area contributed by atoms with Crippen LogP contribution in [-0.4, -0.2) is 22.3 Å². The molecule has 1 aromatic heterocycles. The molecule has 1 aliphatic carbocycles. The van der Waals surface area contributed by atoms with Crippen molar-refractivity contribution < 1.29 is 8.63 Å². The molecule has 1 heterocycles. The van der Waals surface area contributed by atoms with Gasteiger partial charge in [-0.15, -0.1) is 0 Å². The van der Waals surface area contributed by atoms with Crippen LogP contribution in [0.4, 0.5) is 0 Å². The van der Waals surface area contributed by atoms with Crippen molar-refractivity contribution in [3.63, 3.8) is 0 Å². The van der Waals surface area contributed by atoms with Gasteiger partial charge in [0.15, 0.2) is 0 Å². The molecule has 0 bridgehead atoms. The largest absolute Gasteiger partial charge is 0.459 e. The zero-order valence-corrected chi connectivity index (χ0v) is 12.6. The molecular weight excluding hydrogens is 270 g/mol. The smallest absolute Gasteiger partial charge is 0.134 e. The lowest BCUT2D eigenvalue weighted by Crippen LogP contribution is -2.26. The number of furan rings is 1. The standard InChI is InChI=1S/C16H21NO2S/c1-17-14(11-20(18)13-7-3-4-8-13)16-10-12-6-2-5-9-15(12)19-16/h2,5-6,9-10,13-14,17H,3-4,7-8,11H2,1H3. The van der Waals surface area contributed by atoms with Crippen LogP contribution >= 0.6 is 0 Å². The first-order valence-electron chi connectivity index (χ1n) is 7.31. The Morgan fingerprint density at radius 3 is 2.80 bits per heavy atom. The molecule has 1 fully saturated rings. The Kier molecular flexibility index (Phi) is 4.22. The molecule has 0 radical (unpaired) electrons. The summed E-state index contributed by atoms with van der Waals surface area (Å²) < 4.78 is 18.3. The zero-order valence-electron chi connectivity index (χ0n) is 11.8. The molecule has 2 aromatic rings. The molecule has 108 valence electrons. The number of nitrogens with one attached hydrogen (secondary N) is 1. The van der Waals surface area contributed by atoms with Gasteiger partial charge in [0, 0.05) is 27.2 Å².